The fourth-order valence-electron chi connectivity index (χ4n) is 1.74. The predicted molar refractivity (Wildman–Crippen MR) is 65.3 cm³/mol. The van der Waals surface area contributed by atoms with Gasteiger partial charge in [-0.2, -0.15) is 0 Å². The Kier molecular flexibility index (Phi) is 5.03. The second-order valence-corrected chi connectivity index (χ2v) is 4.19. The first-order valence-electron chi connectivity index (χ1n) is 5.85. The lowest BCUT2D eigenvalue weighted by Gasteiger charge is -2.19. The Bertz CT molecular complexity index is 319. The Morgan fingerprint density at radius 3 is 2.44 bits per heavy atom. The highest BCUT2D eigenvalue weighted by Gasteiger charge is 2.17. The predicted octanol–water partition coefficient (Wildman–Crippen LogP) is 3.38. The van der Waals surface area contributed by atoms with E-state index in [1.165, 1.54) is 5.56 Å². The van der Waals surface area contributed by atoms with Gasteiger partial charge in [0.1, 0.15) is 0 Å². The lowest BCUT2D eigenvalue weighted by Crippen LogP contribution is -2.14. The van der Waals surface area contributed by atoms with Crippen molar-refractivity contribution in [3.63, 3.8) is 0 Å². The van der Waals surface area contributed by atoms with Crippen molar-refractivity contribution in [3.05, 3.63) is 35.9 Å². The van der Waals surface area contributed by atoms with E-state index in [1.54, 1.807) is 0 Å². The molecule has 0 N–H and O–H groups in total. The summed E-state index contributed by atoms with van der Waals surface area (Å²) >= 11 is 0. The van der Waals surface area contributed by atoms with Gasteiger partial charge < -0.3 is 4.74 Å². The molecular formula is C14H20O2. The molecule has 0 aromatic heterocycles. The number of benzene rings is 1. The Morgan fingerprint density at radius 1 is 1.25 bits per heavy atom. The van der Waals surface area contributed by atoms with E-state index in [0.717, 1.165) is 0 Å². The van der Waals surface area contributed by atoms with Gasteiger partial charge in [-0.15, -0.1) is 0 Å². The molecule has 2 atom stereocenters. The van der Waals surface area contributed by atoms with Gasteiger partial charge in [0.25, 0.3) is 0 Å². The van der Waals surface area contributed by atoms with Crippen molar-refractivity contribution in [2.75, 3.05) is 6.61 Å². The number of hydrogen-bond donors (Lipinski definition) is 0. The summed E-state index contributed by atoms with van der Waals surface area (Å²) in [6, 6.07) is 10.3. The van der Waals surface area contributed by atoms with Crippen LogP contribution in [-0.4, -0.2) is 12.6 Å². The number of carbonyl (C=O) groups excluding carboxylic acids is 1. The molecule has 88 valence electrons. The molecule has 0 amide bonds. The van der Waals surface area contributed by atoms with Crippen LogP contribution in [0.3, 0.4) is 0 Å². The monoisotopic (exact) mass is 220 g/mol. The maximum Gasteiger partial charge on any atom is 0.306 e. The maximum absolute atomic E-state index is 11.4. The lowest BCUT2D eigenvalue weighted by molar-refractivity contribution is -0.144. The smallest absolute Gasteiger partial charge is 0.306 e. The quantitative estimate of drug-likeness (QED) is 0.711. The van der Waals surface area contributed by atoms with Crippen LogP contribution in [-0.2, 0) is 9.53 Å². The van der Waals surface area contributed by atoms with E-state index in [9.17, 15) is 4.79 Å². The molecule has 0 aliphatic carbocycles. The standard InChI is InChI=1S/C14H20O2/c1-4-16-14(15)10-11(2)12(3)13-8-6-5-7-9-13/h5-9,11-12H,4,10H2,1-3H3/t11-,12+/m1/s1. The van der Waals surface area contributed by atoms with Gasteiger partial charge >= 0.3 is 5.97 Å². The molecule has 0 aliphatic rings. The van der Waals surface area contributed by atoms with Crippen LogP contribution in [0.4, 0.5) is 0 Å². The van der Waals surface area contributed by atoms with Crippen LogP contribution >= 0.6 is 0 Å². The first-order valence-corrected chi connectivity index (χ1v) is 5.85. The molecule has 2 nitrogen and oxygen atoms in total. The van der Waals surface area contributed by atoms with E-state index in [0.29, 0.717) is 24.9 Å². The van der Waals surface area contributed by atoms with Gasteiger partial charge in [0.2, 0.25) is 0 Å². The topological polar surface area (TPSA) is 26.3 Å². The van der Waals surface area contributed by atoms with Crippen molar-refractivity contribution in [2.45, 2.75) is 33.1 Å². The second kappa shape index (κ2) is 6.31. The SMILES string of the molecule is CCOC(=O)C[C@@H](C)[C@H](C)c1ccccc1. The van der Waals surface area contributed by atoms with Gasteiger partial charge in [0.15, 0.2) is 0 Å². The van der Waals surface area contributed by atoms with Crippen molar-refractivity contribution < 1.29 is 9.53 Å². The van der Waals surface area contributed by atoms with Crippen molar-refractivity contribution in [3.8, 4) is 0 Å². The highest BCUT2D eigenvalue weighted by molar-refractivity contribution is 5.69. The summed E-state index contributed by atoms with van der Waals surface area (Å²) in [6.45, 7) is 6.54. The molecule has 0 aliphatic heterocycles. The molecule has 2 heteroatoms. The largest absolute Gasteiger partial charge is 0.466 e. The average Bonchev–Trinajstić information content (AvgIpc) is 2.29. The minimum Gasteiger partial charge on any atom is -0.466 e. The fourth-order valence-corrected chi connectivity index (χ4v) is 1.74. The summed E-state index contributed by atoms with van der Waals surface area (Å²) in [5.74, 6) is 0.588. The highest BCUT2D eigenvalue weighted by Crippen LogP contribution is 2.26. The van der Waals surface area contributed by atoms with Crippen LogP contribution < -0.4 is 0 Å². The fraction of sp³-hybridized carbons (Fsp3) is 0.500. The van der Waals surface area contributed by atoms with Crippen LogP contribution in [0.5, 0.6) is 0 Å². The maximum atomic E-state index is 11.4. The van der Waals surface area contributed by atoms with E-state index in [1.807, 2.05) is 25.1 Å². The van der Waals surface area contributed by atoms with Crippen LogP contribution in [0.15, 0.2) is 30.3 Å². The molecule has 16 heavy (non-hydrogen) atoms. The van der Waals surface area contributed by atoms with Gasteiger partial charge in [0.05, 0.1) is 6.61 Å². The second-order valence-electron chi connectivity index (χ2n) is 4.19. The Balaban J connectivity index is 2.54. The van der Waals surface area contributed by atoms with Gasteiger partial charge in [-0.3, -0.25) is 4.79 Å². The highest BCUT2D eigenvalue weighted by atomic mass is 16.5. The minimum absolute atomic E-state index is 0.0993. The van der Waals surface area contributed by atoms with Crippen molar-refractivity contribution >= 4 is 5.97 Å². The molecular weight excluding hydrogens is 200 g/mol. The Morgan fingerprint density at radius 2 is 1.88 bits per heavy atom. The van der Waals surface area contributed by atoms with Gasteiger partial charge in [0, 0.05) is 6.42 Å². The van der Waals surface area contributed by atoms with E-state index in [4.69, 9.17) is 4.74 Å². The summed E-state index contributed by atoms with van der Waals surface area (Å²) in [5.41, 5.74) is 1.28. The van der Waals surface area contributed by atoms with Crippen LogP contribution in [0.25, 0.3) is 0 Å². The summed E-state index contributed by atoms with van der Waals surface area (Å²) in [6.07, 6.45) is 0.490. The number of esters is 1. The van der Waals surface area contributed by atoms with Crippen molar-refractivity contribution in [1.82, 2.24) is 0 Å². The number of carbonyl (C=O) groups is 1. The molecule has 0 unspecified atom stereocenters. The summed E-state index contributed by atoms with van der Waals surface area (Å²) in [4.78, 5) is 11.4. The minimum atomic E-state index is -0.0993. The molecule has 0 radical (unpaired) electrons. The summed E-state index contributed by atoms with van der Waals surface area (Å²) in [5, 5.41) is 0. The van der Waals surface area contributed by atoms with Crippen LogP contribution in [0.1, 0.15) is 38.7 Å². The van der Waals surface area contributed by atoms with E-state index in [-0.39, 0.29) is 5.97 Å². The zero-order valence-electron chi connectivity index (χ0n) is 10.3. The molecule has 0 heterocycles. The lowest BCUT2D eigenvalue weighted by atomic mass is 9.87. The number of hydrogen-bond acceptors (Lipinski definition) is 2. The zero-order chi connectivity index (χ0) is 12.0. The third kappa shape index (κ3) is 3.69. The van der Waals surface area contributed by atoms with E-state index >= 15 is 0 Å². The number of rotatable bonds is 5. The molecule has 1 aromatic rings. The molecule has 0 spiro atoms. The van der Waals surface area contributed by atoms with Gasteiger partial charge in [-0.1, -0.05) is 44.2 Å². The molecule has 1 aromatic carbocycles. The third-order valence-corrected chi connectivity index (χ3v) is 2.97. The molecule has 0 bridgehead atoms. The average molecular weight is 220 g/mol. The molecule has 0 fully saturated rings. The van der Waals surface area contributed by atoms with Crippen LogP contribution in [0, 0.1) is 5.92 Å². The van der Waals surface area contributed by atoms with Crippen molar-refractivity contribution in [1.29, 1.82) is 0 Å². The number of ether oxygens (including phenoxy) is 1. The van der Waals surface area contributed by atoms with E-state index < -0.39 is 0 Å². The normalized spacial score (nSPS) is 14.2. The summed E-state index contributed by atoms with van der Waals surface area (Å²) < 4.78 is 4.96. The Labute approximate surface area is 97.6 Å². The van der Waals surface area contributed by atoms with Crippen LogP contribution in [0.2, 0.25) is 0 Å². The van der Waals surface area contributed by atoms with E-state index in [2.05, 4.69) is 26.0 Å². The summed E-state index contributed by atoms with van der Waals surface area (Å²) in [7, 11) is 0. The van der Waals surface area contributed by atoms with Gasteiger partial charge in [-0.05, 0) is 24.3 Å². The molecule has 0 saturated heterocycles. The molecule has 0 saturated carbocycles. The van der Waals surface area contributed by atoms with Crippen molar-refractivity contribution in [2.24, 2.45) is 5.92 Å². The first kappa shape index (κ1) is 12.8. The van der Waals surface area contributed by atoms with Gasteiger partial charge in [-0.25, -0.2) is 0 Å². The Hall–Kier alpha value is -1.31. The molecule has 1 rings (SSSR count). The zero-order valence-corrected chi connectivity index (χ0v) is 10.3. The first-order chi connectivity index (χ1) is 7.65. The third-order valence-electron chi connectivity index (χ3n) is 2.97.